The highest BCUT2D eigenvalue weighted by Gasteiger charge is 2.44. The molecule has 2 aliphatic rings. The highest BCUT2D eigenvalue weighted by atomic mass is 16.6. The molecule has 1 aromatic carbocycles. The maximum atomic E-state index is 12.7. The first-order chi connectivity index (χ1) is 14.6. The Morgan fingerprint density at radius 1 is 1.39 bits per heavy atom. The van der Waals surface area contributed by atoms with E-state index in [1.807, 2.05) is 20.8 Å². The van der Waals surface area contributed by atoms with Crippen molar-refractivity contribution in [1.29, 1.82) is 0 Å². The summed E-state index contributed by atoms with van der Waals surface area (Å²) in [7, 11) is 0. The number of fused-ring (bicyclic) bond motifs is 1. The second kappa shape index (κ2) is 9.03. The van der Waals surface area contributed by atoms with Gasteiger partial charge in [0.05, 0.1) is 24.6 Å². The van der Waals surface area contributed by atoms with Gasteiger partial charge in [-0.1, -0.05) is 5.11 Å². The third-order valence-electron chi connectivity index (χ3n) is 5.19. The monoisotopic (exact) mass is 432 g/mol. The van der Waals surface area contributed by atoms with Gasteiger partial charge in [0, 0.05) is 36.9 Å². The average Bonchev–Trinajstić information content (AvgIpc) is 2.69. The highest BCUT2D eigenvalue weighted by molar-refractivity contribution is 6.00. The SMILES string of the molecule is CC(C)(C)OC(=O)N1CCC2(CC1)CC(=O)c1ccc(OCC(O)CN=[N+]=[N-])cc1O2. The first kappa shape index (κ1) is 22.7. The number of azide groups is 1. The highest BCUT2D eigenvalue weighted by Crippen LogP contribution is 2.41. The zero-order chi connectivity index (χ0) is 22.6. The second-order valence-electron chi connectivity index (χ2n) is 8.89. The molecular weight excluding hydrogens is 404 g/mol. The lowest BCUT2D eigenvalue weighted by Crippen LogP contribution is -2.52. The van der Waals surface area contributed by atoms with Crippen molar-refractivity contribution in [2.45, 2.75) is 57.3 Å². The zero-order valence-corrected chi connectivity index (χ0v) is 18.0. The van der Waals surface area contributed by atoms with Crippen LogP contribution in [0.3, 0.4) is 0 Å². The topological polar surface area (TPSA) is 134 Å². The van der Waals surface area contributed by atoms with Crippen molar-refractivity contribution in [2.24, 2.45) is 5.11 Å². The van der Waals surface area contributed by atoms with E-state index in [2.05, 4.69) is 10.0 Å². The van der Waals surface area contributed by atoms with E-state index in [0.717, 1.165) is 0 Å². The molecule has 0 aliphatic carbocycles. The Morgan fingerprint density at radius 2 is 2.10 bits per heavy atom. The van der Waals surface area contributed by atoms with Gasteiger partial charge in [-0.2, -0.15) is 0 Å². The van der Waals surface area contributed by atoms with Crippen LogP contribution in [0.25, 0.3) is 10.4 Å². The first-order valence-electron chi connectivity index (χ1n) is 10.3. The number of ketones is 1. The lowest BCUT2D eigenvalue weighted by atomic mass is 9.82. The number of aliphatic hydroxyl groups is 1. The lowest BCUT2D eigenvalue weighted by molar-refractivity contribution is -0.0227. The van der Waals surface area contributed by atoms with Gasteiger partial charge < -0.3 is 24.2 Å². The number of hydrogen-bond donors (Lipinski definition) is 1. The van der Waals surface area contributed by atoms with Crippen LogP contribution >= 0.6 is 0 Å². The molecule has 1 spiro atoms. The summed E-state index contributed by atoms with van der Waals surface area (Å²) in [6.07, 6.45) is 0.00597. The Balaban J connectivity index is 1.65. The fourth-order valence-corrected chi connectivity index (χ4v) is 3.64. The number of carbonyl (C=O) groups is 2. The van der Waals surface area contributed by atoms with Crippen LogP contribution in [0.5, 0.6) is 11.5 Å². The second-order valence-corrected chi connectivity index (χ2v) is 8.89. The number of Topliss-reactive ketones (excluding diaryl/α,β-unsaturated/α-hetero) is 1. The molecule has 1 amide bonds. The third-order valence-corrected chi connectivity index (χ3v) is 5.19. The molecule has 1 aromatic rings. The molecule has 1 saturated heterocycles. The number of ether oxygens (including phenoxy) is 3. The zero-order valence-electron chi connectivity index (χ0n) is 18.0. The van der Waals surface area contributed by atoms with E-state index in [4.69, 9.17) is 19.7 Å². The summed E-state index contributed by atoms with van der Waals surface area (Å²) in [6.45, 7) is 6.22. The molecule has 168 valence electrons. The standard InChI is InChI=1S/C21H28N4O6/c1-20(2,3)31-19(28)25-8-6-21(7-9-25)11-17(27)16-5-4-15(10-18(16)30-21)29-13-14(26)12-23-24-22/h4-5,10,14,26H,6-9,11-13H2,1-3H3. The number of hydrogen-bond acceptors (Lipinski definition) is 7. The molecular formula is C21H28N4O6. The van der Waals surface area contributed by atoms with Crippen molar-refractivity contribution in [2.75, 3.05) is 26.2 Å². The minimum atomic E-state index is -0.932. The Kier molecular flexibility index (Phi) is 6.62. The van der Waals surface area contributed by atoms with Crippen molar-refractivity contribution in [3.63, 3.8) is 0 Å². The molecule has 1 fully saturated rings. The Bertz CT molecular complexity index is 882. The predicted octanol–water partition coefficient (Wildman–Crippen LogP) is 3.47. The van der Waals surface area contributed by atoms with Crippen LogP contribution < -0.4 is 9.47 Å². The van der Waals surface area contributed by atoms with Gasteiger partial charge in [-0.3, -0.25) is 4.79 Å². The summed E-state index contributed by atoms with van der Waals surface area (Å²) in [5.41, 5.74) is 7.57. The van der Waals surface area contributed by atoms with Gasteiger partial charge >= 0.3 is 6.09 Å². The minimum Gasteiger partial charge on any atom is -0.491 e. The number of piperidine rings is 1. The van der Waals surface area contributed by atoms with Crippen LogP contribution in [-0.4, -0.2) is 65.4 Å². The van der Waals surface area contributed by atoms with E-state index in [1.165, 1.54) is 0 Å². The Morgan fingerprint density at radius 3 is 2.74 bits per heavy atom. The fourth-order valence-electron chi connectivity index (χ4n) is 3.64. The first-order valence-corrected chi connectivity index (χ1v) is 10.3. The summed E-state index contributed by atoms with van der Waals surface area (Å²) in [5.74, 6) is 0.862. The maximum absolute atomic E-state index is 12.7. The number of rotatable bonds is 5. The minimum absolute atomic E-state index is 0.0121. The van der Waals surface area contributed by atoms with E-state index in [9.17, 15) is 14.7 Å². The molecule has 0 bridgehead atoms. The summed E-state index contributed by atoms with van der Waals surface area (Å²) < 4.78 is 17.2. The van der Waals surface area contributed by atoms with Crippen LogP contribution in [0, 0.1) is 0 Å². The van der Waals surface area contributed by atoms with Crippen molar-refractivity contribution in [3.05, 3.63) is 34.2 Å². The van der Waals surface area contributed by atoms with E-state index >= 15 is 0 Å². The van der Waals surface area contributed by atoms with Crippen LogP contribution in [0.15, 0.2) is 23.3 Å². The number of aliphatic hydroxyl groups excluding tert-OH is 1. The molecule has 2 aliphatic heterocycles. The molecule has 1 atom stereocenters. The average molecular weight is 432 g/mol. The summed E-state index contributed by atoms with van der Waals surface area (Å²) in [5, 5.41) is 13.0. The number of benzene rings is 1. The number of carbonyl (C=O) groups excluding carboxylic acids is 2. The van der Waals surface area contributed by atoms with E-state index in [-0.39, 0.29) is 31.4 Å². The quantitative estimate of drug-likeness (QED) is 0.430. The van der Waals surface area contributed by atoms with Crippen LogP contribution in [-0.2, 0) is 4.74 Å². The van der Waals surface area contributed by atoms with Crippen molar-refractivity contribution >= 4 is 11.9 Å². The predicted molar refractivity (Wildman–Crippen MR) is 111 cm³/mol. The van der Waals surface area contributed by atoms with Crippen molar-refractivity contribution < 1.29 is 28.9 Å². The molecule has 10 nitrogen and oxygen atoms in total. The molecule has 31 heavy (non-hydrogen) atoms. The fraction of sp³-hybridized carbons (Fsp3) is 0.619. The molecule has 0 aromatic heterocycles. The summed E-state index contributed by atoms with van der Waals surface area (Å²) in [6, 6.07) is 4.92. The lowest BCUT2D eigenvalue weighted by Gasteiger charge is -2.44. The molecule has 0 saturated carbocycles. The van der Waals surface area contributed by atoms with Gasteiger partial charge in [0.1, 0.15) is 29.3 Å². The molecule has 1 N–H and O–H groups in total. The third kappa shape index (κ3) is 5.80. The number of nitrogens with zero attached hydrogens (tertiary/aromatic N) is 4. The number of likely N-dealkylation sites (tertiary alicyclic amines) is 1. The van der Waals surface area contributed by atoms with E-state index in [1.54, 1.807) is 23.1 Å². The molecule has 10 heteroatoms. The molecule has 1 unspecified atom stereocenters. The normalized spacial score (nSPS) is 18.5. The van der Waals surface area contributed by atoms with Gasteiger partial charge in [-0.25, -0.2) is 4.79 Å². The maximum Gasteiger partial charge on any atom is 0.410 e. The van der Waals surface area contributed by atoms with Crippen molar-refractivity contribution in [3.8, 4) is 11.5 Å². The van der Waals surface area contributed by atoms with Crippen LogP contribution in [0.2, 0.25) is 0 Å². The van der Waals surface area contributed by atoms with Crippen LogP contribution in [0.4, 0.5) is 4.79 Å². The van der Waals surface area contributed by atoms with Gasteiger partial charge in [0.15, 0.2) is 5.78 Å². The molecule has 2 heterocycles. The van der Waals surface area contributed by atoms with Crippen molar-refractivity contribution in [1.82, 2.24) is 4.90 Å². The van der Waals surface area contributed by atoms with Gasteiger partial charge in [0.25, 0.3) is 0 Å². The van der Waals surface area contributed by atoms with Crippen LogP contribution in [0.1, 0.15) is 50.4 Å². The van der Waals surface area contributed by atoms with E-state index in [0.29, 0.717) is 43.0 Å². The summed E-state index contributed by atoms with van der Waals surface area (Å²) in [4.78, 5) is 29.3. The Labute approximate surface area is 180 Å². The number of amides is 1. The smallest absolute Gasteiger partial charge is 0.410 e. The van der Waals surface area contributed by atoms with Gasteiger partial charge in [-0.05, 0) is 38.4 Å². The van der Waals surface area contributed by atoms with Gasteiger partial charge in [0.2, 0.25) is 0 Å². The summed E-state index contributed by atoms with van der Waals surface area (Å²) >= 11 is 0. The molecule has 0 radical (unpaired) electrons. The Hall–Kier alpha value is -2.97. The van der Waals surface area contributed by atoms with Gasteiger partial charge in [-0.15, -0.1) is 0 Å². The molecule has 3 rings (SSSR count). The largest absolute Gasteiger partial charge is 0.491 e. The van der Waals surface area contributed by atoms with E-state index < -0.39 is 17.3 Å².